The van der Waals surface area contributed by atoms with Gasteiger partial charge in [0, 0.05) is 0 Å². The summed E-state index contributed by atoms with van der Waals surface area (Å²) < 4.78 is 6.09. The van der Waals surface area contributed by atoms with Crippen molar-refractivity contribution in [3.05, 3.63) is 65.7 Å². The fourth-order valence-corrected chi connectivity index (χ4v) is 2.52. The van der Waals surface area contributed by atoms with Gasteiger partial charge in [-0.25, -0.2) is 0 Å². The lowest BCUT2D eigenvalue weighted by molar-refractivity contribution is 0.164. The molecule has 0 saturated carbocycles. The molecule has 0 aromatic heterocycles. The van der Waals surface area contributed by atoms with Gasteiger partial charge in [0.25, 0.3) is 0 Å². The van der Waals surface area contributed by atoms with Crippen molar-refractivity contribution in [3.8, 4) is 5.75 Å². The highest BCUT2D eigenvalue weighted by Crippen LogP contribution is 2.41. The van der Waals surface area contributed by atoms with Crippen molar-refractivity contribution in [2.45, 2.75) is 25.4 Å². The quantitative estimate of drug-likeness (QED) is 0.701. The van der Waals surface area contributed by atoms with Crippen LogP contribution in [0.5, 0.6) is 5.75 Å². The van der Waals surface area contributed by atoms with Gasteiger partial charge in [0.15, 0.2) is 0 Å². The number of benzene rings is 2. The summed E-state index contributed by atoms with van der Waals surface area (Å²) in [5, 5.41) is 0. The Morgan fingerprint density at radius 3 is 2.47 bits per heavy atom. The topological polar surface area (TPSA) is 9.23 Å². The molecule has 2 atom stereocenters. The van der Waals surface area contributed by atoms with Crippen LogP contribution in [0.15, 0.2) is 54.6 Å². The SMILES string of the molecule is C[C@@H]1C[C@H](c2ccccc2)Oc2ccccc21. The normalized spacial score (nSPS) is 22.6. The molecule has 2 aromatic rings. The summed E-state index contributed by atoms with van der Waals surface area (Å²) in [5.41, 5.74) is 2.61. The minimum Gasteiger partial charge on any atom is -0.485 e. The predicted octanol–water partition coefficient (Wildman–Crippen LogP) is 4.31. The zero-order valence-corrected chi connectivity index (χ0v) is 9.97. The van der Waals surface area contributed by atoms with Gasteiger partial charge in [0.1, 0.15) is 11.9 Å². The van der Waals surface area contributed by atoms with Gasteiger partial charge in [-0.15, -0.1) is 0 Å². The number of ether oxygens (including phenoxy) is 1. The average molecular weight is 224 g/mol. The Kier molecular flexibility index (Phi) is 2.60. The maximum absolute atomic E-state index is 6.09. The molecule has 0 bridgehead atoms. The van der Waals surface area contributed by atoms with E-state index in [2.05, 4.69) is 49.4 Å². The van der Waals surface area contributed by atoms with Gasteiger partial charge in [0.05, 0.1) is 0 Å². The summed E-state index contributed by atoms with van der Waals surface area (Å²) in [6.45, 7) is 2.28. The monoisotopic (exact) mass is 224 g/mol. The lowest BCUT2D eigenvalue weighted by Crippen LogP contribution is -2.17. The molecule has 0 fully saturated rings. The number of para-hydroxylation sites is 1. The Morgan fingerprint density at radius 1 is 0.941 bits per heavy atom. The van der Waals surface area contributed by atoms with E-state index >= 15 is 0 Å². The molecular weight excluding hydrogens is 208 g/mol. The highest BCUT2D eigenvalue weighted by atomic mass is 16.5. The van der Waals surface area contributed by atoms with E-state index in [-0.39, 0.29) is 6.10 Å². The van der Waals surface area contributed by atoms with Crippen LogP contribution in [0.25, 0.3) is 0 Å². The Balaban J connectivity index is 1.94. The van der Waals surface area contributed by atoms with Gasteiger partial charge >= 0.3 is 0 Å². The Morgan fingerprint density at radius 2 is 1.65 bits per heavy atom. The van der Waals surface area contributed by atoms with E-state index in [0.29, 0.717) is 5.92 Å². The lowest BCUT2D eigenvalue weighted by Gasteiger charge is -2.30. The molecule has 17 heavy (non-hydrogen) atoms. The van der Waals surface area contributed by atoms with Crippen molar-refractivity contribution >= 4 is 0 Å². The lowest BCUT2D eigenvalue weighted by atomic mass is 9.89. The van der Waals surface area contributed by atoms with E-state index in [1.54, 1.807) is 0 Å². The second-order valence-electron chi connectivity index (χ2n) is 4.69. The zero-order chi connectivity index (χ0) is 11.7. The molecule has 0 N–H and O–H groups in total. The number of hydrogen-bond donors (Lipinski definition) is 0. The van der Waals surface area contributed by atoms with Gasteiger partial charge in [-0.2, -0.15) is 0 Å². The molecule has 1 aliphatic rings. The Hall–Kier alpha value is -1.76. The molecular formula is C16H16O. The summed E-state index contributed by atoms with van der Waals surface area (Å²) >= 11 is 0. The van der Waals surface area contributed by atoms with Crippen LogP contribution >= 0.6 is 0 Å². The van der Waals surface area contributed by atoms with Crippen LogP contribution in [0, 0.1) is 0 Å². The molecule has 0 unspecified atom stereocenters. The largest absolute Gasteiger partial charge is 0.485 e. The van der Waals surface area contributed by atoms with E-state index < -0.39 is 0 Å². The standard InChI is InChI=1S/C16H16O/c1-12-11-16(13-7-3-2-4-8-13)17-15-10-6-5-9-14(12)15/h2-10,12,16H,11H2,1H3/t12-,16-/m1/s1. The van der Waals surface area contributed by atoms with Gasteiger partial charge in [-0.05, 0) is 29.5 Å². The molecule has 3 rings (SSSR count). The summed E-state index contributed by atoms with van der Waals surface area (Å²) in [6, 6.07) is 18.8. The van der Waals surface area contributed by atoms with Gasteiger partial charge in [-0.3, -0.25) is 0 Å². The molecule has 0 amide bonds. The molecule has 1 heterocycles. The molecule has 1 nitrogen and oxygen atoms in total. The smallest absolute Gasteiger partial charge is 0.124 e. The molecule has 86 valence electrons. The van der Waals surface area contributed by atoms with Crippen molar-refractivity contribution in [1.29, 1.82) is 0 Å². The van der Waals surface area contributed by atoms with Crippen LogP contribution in [0.1, 0.15) is 36.5 Å². The summed E-state index contributed by atoms with van der Waals surface area (Å²) in [4.78, 5) is 0. The van der Waals surface area contributed by atoms with Crippen LogP contribution < -0.4 is 4.74 Å². The highest BCUT2D eigenvalue weighted by Gasteiger charge is 2.25. The summed E-state index contributed by atoms with van der Waals surface area (Å²) in [6.07, 6.45) is 1.25. The minimum absolute atomic E-state index is 0.195. The van der Waals surface area contributed by atoms with Gasteiger partial charge < -0.3 is 4.74 Å². The molecule has 0 spiro atoms. The van der Waals surface area contributed by atoms with Crippen LogP contribution in [0.3, 0.4) is 0 Å². The number of rotatable bonds is 1. The third kappa shape index (κ3) is 1.93. The predicted molar refractivity (Wildman–Crippen MR) is 69.3 cm³/mol. The number of hydrogen-bond acceptors (Lipinski definition) is 1. The van der Waals surface area contributed by atoms with E-state index in [0.717, 1.165) is 12.2 Å². The van der Waals surface area contributed by atoms with E-state index in [1.165, 1.54) is 11.1 Å². The minimum atomic E-state index is 0.195. The van der Waals surface area contributed by atoms with Crippen LogP contribution in [-0.4, -0.2) is 0 Å². The van der Waals surface area contributed by atoms with Crippen molar-refractivity contribution in [2.75, 3.05) is 0 Å². The summed E-state index contributed by atoms with van der Waals surface area (Å²) in [5.74, 6) is 1.60. The second-order valence-corrected chi connectivity index (χ2v) is 4.69. The van der Waals surface area contributed by atoms with Crippen molar-refractivity contribution in [3.63, 3.8) is 0 Å². The maximum atomic E-state index is 6.09. The fourth-order valence-electron chi connectivity index (χ4n) is 2.52. The highest BCUT2D eigenvalue weighted by molar-refractivity contribution is 5.39. The first-order valence-electron chi connectivity index (χ1n) is 6.15. The van der Waals surface area contributed by atoms with Crippen LogP contribution in [0.4, 0.5) is 0 Å². The first-order valence-corrected chi connectivity index (χ1v) is 6.15. The van der Waals surface area contributed by atoms with E-state index in [1.807, 2.05) is 12.1 Å². The van der Waals surface area contributed by atoms with Crippen molar-refractivity contribution < 1.29 is 4.74 Å². The summed E-state index contributed by atoms with van der Waals surface area (Å²) in [7, 11) is 0. The van der Waals surface area contributed by atoms with E-state index in [4.69, 9.17) is 4.74 Å². The maximum Gasteiger partial charge on any atom is 0.124 e. The zero-order valence-electron chi connectivity index (χ0n) is 9.97. The van der Waals surface area contributed by atoms with Gasteiger partial charge in [-0.1, -0.05) is 55.5 Å². The third-order valence-corrected chi connectivity index (χ3v) is 3.46. The molecule has 0 aliphatic carbocycles. The molecule has 1 aliphatic heterocycles. The molecule has 0 radical (unpaired) electrons. The number of fused-ring (bicyclic) bond motifs is 1. The molecule has 0 saturated heterocycles. The third-order valence-electron chi connectivity index (χ3n) is 3.46. The molecule has 2 aromatic carbocycles. The molecule has 1 heteroatoms. The van der Waals surface area contributed by atoms with Crippen molar-refractivity contribution in [2.24, 2.45) is 0 Å². The van der Waals surface area contributed by atoms with Gasteiger partial charge in [0.2, 0.25) is 0 Å². The van der Waals surface area contributed by atoms with E-state index in [9.17, 15) is 0 Å². The first-order chi connectivity index (χ1) is 8.34. The van der Waals surface area contributed by atoms with Crippen LogP contribution in [0.2, 0.25) is 0 Å². The first kappa shape index (κ1) is 10.4. The second kappa shape index (κ2) is 4.25. The van der Waals surface area contributed by atoms with Crippen LogP contribution in [-0.2, 0) is 0 Å². The average Bonchev–Trinajstić information content (AvgIpc) is 2.40. The van der Waals surface area contributed by atoms with Crippen molar-refractivity contribution in [1.82, 2.24) is 0 Å². The Labute approximate surface area is 102 Å². The fraction of sp³-hybridized carbons (Fsp3) is 0.250. The Bertz CT molecular complexity index is 504.